The van der Waals surface area contributed by atoms with E-state index >= 15 is 0 Å². The molecule has 0 spiro atoms. The van der Waals surface area contributed by atoms with Gasteiger partial charge in [0.15, 0.2) is 0 Å². The molecule has 0 aliphatic carbocycles. The molecule has 35 heavy (non-hydrogen) atoms. The zero-order valence-corrected chi connectivity index (χ0v) is 20.1. The Bertz CT molecular complexity index is 1670. The smallest absolute Gasteiger partial charge is 0.257 e. The predicted octanol–water partition coefficient (Wildman–Crippen LogP) is 4.82. The number of fused-ring (bicyclic) bond motifs is 1. The van der Waals surface area contributed by atoms with Gasteiger partial charge in [-0.05, 0) is 41.5 Å². The topological polar surface area (TPSA) is 65.8 Å². The summed E-state index contributed by atoms with van der Waals surface area (Å²) >= 11 is 6.22. The molecule has 2 heterocycles. The molecule has 2 aromatic heterocycles. The Morgan fingerprint density at radius 3 is 2.46 bits per heavy atom. The molecule has 6 heteroatoms. The molecule has 0 amide bonds. The average molecular weight is 479 g/mol. The van der Waals surface area contributed by atoms with Crippen LogP contribution in [-0.2, 0) is 19.6 Å². The van der Waals surface area contributed by atoms with Gasteiger partial charge < -0.3 is 14.9 Å². The third-order valence-electron chi connectivity index (χ3n) is 6.54. The fourth-order valence-corrected chi connectivity index (χ4v) is 4.92. The molecule has 1 atom stereocenters. The summed E-state index contributed by atoms with van der Waals surface area (Å²) in [6.45, 7) is 0. The van der Waals surface area contributed by atoms with Gasteiger partial charge in [-0.2, -0.15) is 0 Å². The molecule has 172 valence electrons. The molecule has 0 fully saturated rings. The van der Waals surface area contributed by atoms with Crippen LogP contribution >= 0.6 is 11.6 Å². The Morgan fingerprint density at radius 2 is 1.77 bits per heavy atom. The van der Waals surface area contributed by atoms with Gasteiger partial charge in [0, 0.05) is 35.6 Å². The first kappa shape index (κ1) is 22.7. The summed E-state index contributed by atoms with van der Waals surface area (Å²) < 4.78 is 3.48. The Hall–Kier alpha value is -4.11. The number of hydrogen-bond donors (Lipinski definition) is 1. The fourth-order valence-electron chi connectivity index (χ4n) is 4.80. The van der Waals surface area contributed by atoms with E-state index in [2.05, 4.69) is 10.9 Å². The SMILES string of the molecule is C#Cc1cccc(-c2c(C(N)(c3ccc(Cl)cc3)c3cncn3C)c(=O)n(C)c3ccccc23)c1. The second-order valence-corrected chi connectivity index (χ2v) is 9.00. The van der Waals surface area contributed by atoms with Gasteiger partial charge in [0.2, 0.25) is 0 Å². The number of imidazole rings is 1. The number of aryl methyl sites for hydroxylation is 2. The molecular formula is C29H23ClN4O. The van der Waals surface area contributed by atoms with Crippen molar-refractivity contribution in [3.8, 4) is 23.5 Å². The highest BCUT2D eigenvalue weighted by atomic mass is 35.5. The molecular weight excluding hydrogens is 456 g/mol. The van der Waals surface area contributed by atoms with Crippen LogP contribution in [0.3, 0.4) is 0 Å². The molecule has 5 rings (SSSR count). The highest BCUT2D eigenvalue weighted by Gasteiger charge is 2.40. The molecule has 3 aromatic carbocycles. The van der Waals surface area contributed by atoms with Crippen LogP contribution < -0.4 is 11.3 Å². The normalized spacial score (nSPS) is 12.9. The largest absolute Gasteiger partial charge is 0.336 e. The fraction of sp³-hybridized carbons (Fsp3) is 0.103. The minimum atomic E-state index is -1.34. The van der Waals surface area contributed by atoms with Gasteiger partial charge in [-0.1, -0.05) is 60.0 Å². The number of rotatable bonds is 4. The summed E-state index contributed by atoms with van der Waals surface area (Å²) in [5.41, 5.74) is 10.7. The van der Waals surface area contributed by atoms with Gasteiger partial charge in [0.05, 0.1) is 29.3 Å². The highest BCUT2D eigenvalue weighted by Crippen LogP contribution is 2.41. The number of nitrogens with two attached hydrogens (primary N) is 1. The maximum atomic E-state index is 14.2. The van der Waals surface area contributed by atoms with Gasteiger partial charge in [0.25, 0.3) is 5.56 Å². The van der Waals surface area contributed by atoms with E-state index < -0.39 is 5.54 Å². The number of hydrogen-bond acceptors (Lipinski definition) is 3. The minimum Gasteiger partial charge on any atom is -0.336 e. The van der Waals surface area contributed by atoms with E-state index in [9.17, 15) is 4.79 Å². The lowest BCUT2D eigenvalue weighted by Gasteiger charge is -2.33. The molecule has 5 aromatic rings. The number of benzene rings is 3. The quantitative estimate of drug-likeness (QED) is 0.376. The summed E-state index contributed by atoms with van der Waals surface area (Å²) in [7, 11) is 3.63. The van der Waals surface area contributed by atoms with Crippen LogP contribution in [-0.4, -0.2) is 14.1 Å². The summed E-state index contributed by atoms with van der Waals surface area (Å²) in [6, 6.07) is 22.7. The molecule has 0 aliphatic heterocycles. The van der Waals surface area contributed by atoms with E-state index in [1.54, 1.807) is 36.3 Å². The number of terminal acetylenes is 1. The van der Waals surface area contributed by atoms with Crippen molar-refractivity contribution in [3.63, 3.8) is 0 Å². The number of nitrogens with zero attached hydrogens (tertiary/aromatic N) is 3. The lowest BCUT2D eigenvalue weighted by atomic mass is 9.77. The summed E-state index contributed by atoms with van der Waals surface area (Å²) in [6.07, 6.45) is 9.10. The molecule has 1 unspecified atom stereocenters. The van der Waals surface area contributed by atoms with E-state index in [4.69, 9.17) is 23.8 Å². The van der Waals surface area contributed by atoms with Crippen LogP contribution in [0.2, 0.25) is 5.02 Å². The van der Waals surface area contributed by atoms with E-state index in [0.29, 0.717) is 27.4 Å². The first-order chi connectivity index (χ1) is 16.9. The summed E-state index contributed by atoms with van der Waals surface area (Å²) in [5.74, 6) is 2.70. The molecule has 0 radical (unpaired) electrons. The van der Waals surface area contributed by atoms with Crippen LogP contribution in [0.4, 0.5) is 0 Å². The van der Waals surface area contributed by atoms with Gasteiger partial charge in [-0.15, -0.1) is 6.42 Å². The van der Waals surface area contributed by atoms with E-state index in [0.717, 1.165) is 22.0 Å². The standard InChI is InChI=1S/C29H23ClN4O/c1-4-19-8-7-9-20(16-19)26-23-10-5-6-11-24(23)34(3)28(35)27(26)29(31,25-17-32-18-33(25)2)21-12-14-22(30)15-13-21/h1,5-18H,31H2,2-3H3. The van der Waals surface area contributed by atoms with Crippen molar-refractivity contribution in [3.05, 3.63) is 123 Å². The maximum absolute atomic E-state index is 14.2. The van der Waals surface area contributed by atoms with Gasteiger partial charge in [0.1, 0.15) is 5.54 Å². The summed E-state index contributed by atoms with van der Waals surface area (Å²) in [5, 5.41) is 1.47. The van der Waals surface area contributed by atoms with Crippen molar-refractivity contribution in [1.29, 1.82) is 0 Å². The van der Waals surface area contributed by atoms with Crippen LogP contribution in [0, 0.1) is 12.3 Å². The van der Waals surface area contributed by atoms with Crippen LogP contribution in [0.5, 0.6) is 0 Å². The number of aromatic nitrogens is 3. The van der Waals surface area contributed by atoms with Gasteiger partial charge >= 0.3 is 0 Å². The van der Waals surface area contributed by atoms with Crippen LogP contribution in [0.1, 0.15) is 22.4 Å². The second kappa shape index (κ2) is 8.59. The number of pyridine rings is 1. The van der Waals surface area contributed by atoms with Gasteiger partial charge in [-0.3, -0.25) is 4.79 Å². The van der Waals surface area contributed by atoms with Crippen molar-refractivity contribution >= 4 is 22.5 Å². The number of halogens is 1. The first-order valence-corrected chi connectivity index (χ1v) is 11.4. The highest BCUT2D eigenvalue weighted by molar-refractivity contribution is 6.30. The third-order valence-corrected chi connectivity index (χ3v) is 6.79. The average Bonchev–Trinajstić information content (AvgIpc) is 3.32. The molecule has 0 saturated carbocycles. The molecule has 0 aliphatic rings. The van der Waals surface area contributed by atoms with E-state index in [1.807, 2.05) is 72.3 Å². The van der Waals surface area contributed by atoms with Crippen molar-refractivity contribution in [1.82, 2.24) is 14.1 Å². The zero-order chi connectivity index (χ0) is 24.7. The first-order valence-electron chi connectivity index (χ1n) is 11.1. The molecule has 2 N–H and O–H groups in total. The molecule has 0 saturated heterocycles. The molecule has 0 bridgehead atoms. The minimum absolute atomic E-state index is 0.205. The van der Waals surface area contributed by atoms with E-state index in [-0.39, 0.29) is 5.56 Å². The zero-order valence-electron chi connectivity index (χ0n) is 19.4. The van der Waals surface area contributed by atoms with Crippen molar-refractivity contribution < 1.29 is 0 Å². The van der Waals surface area contributed by atoms with Crippen molar-refractivity contribution in [2.75, 3.05) is 0 Å². The predicted molar refractivity (Wildman–Crippen MR) is 141 cm³/mol. The van der Waals surface area contributed by atoms with E-state index in [1.165, 1.54) is 0 Å². The Balaban J connectivity index is 2.02. The summed E-state index contributed by atoms with van der Waals surface area (Å²) in [4.78, 5) is 18.5. The van der Waals surface area contributed by atoms with Crippen molar-refractivity contribution in [2.24, 2.45) is 19.8 Å². The lowest BCUT2D eigenvalue weighted by Crippen LogP contribution is -2.46. The van der Waals surface area contributed by atoms with Crippen LogP contribution in [0.25, 0.3) is 22.0 Å². The maximum Gasteiger partial charge on any atom is 0.257 e. The lowest BCUT2D eigenvalue weighted by molar-refractivity contribution is 0.586. The Labute approximate surface area is 208 Å². The third kappa shape index (κ3) is 3.55. The van der Waals surface area contributed by atoms with Gasteiger partial charge in [-0.25, -0.2) is 4.98 Å². The second-order valence-electron chi connectivity index (χ2n) is 8.56. The number of para-hydroxylation sites is 1. The Kier molecular flexibility index (Phi) is 5.56. The molecule has 5 nitrogen and oxygen atoms in total. The Morgan fingerprint density at radius 1 is 1.03 bits per heavy atom. The van der Waals surface area contributed by atoms with Crippen molar-refractivity contribution in [2.45, 2.75) is 5.54 Å². The monoisotopic (exact) mass is 478 g/mol. The van der Waals surface area contributed by atoms with Crippen LogP contribution in [0.15, 0.2) is 90.1 Å².